The first-order valence-corrected chi connectivity index (χ1v) is 11.5. The zero-order chi connectivity index (χ0) is 24.1. The maximum atomic E-state index is 12.9. The summed E-state index contributed by atoms with van der Waals surface area (Å²) in [6, 6.07) is 14.8. The Morgan fingerprint density at radius 2 is 1.67 bits per heavy atom. The highest BCUT2D eigenvalue weighted by Crippen LogP contribution is 2.37. The van der Waals surface area contributed by atoms with Crippen LogP contribution in [0.25, 0.3) is 22.3 Å². The molecular weight excluding hydrogens is 410 g/mol. The first-order valence-electron chi connectivity index (χ1n) is 11.5. The Morgan fingerprint density at radius 3 is 2.21 bits per heavy atom. The zero-order valence-electron chi connectivity index (χ0n) is 20.7. The normalized spacial score (nSPS) is 11.1. The minimum absolute atomic E-state index is 0.340. The molecule has 0 saturated heterocycles. The summed E-state index contributed by atoms with van der Waals surface area (Å²) in [5, 5.41) is 6.75. The van der Waals surface area contributed by atoms with Gasteiger partial charge in [0.2, 0.25) is 0 Å². The molecule has 0 unspecified atom stereocenters. The number of aromatic nitrogens is 1. The standard InChI is InChI=1S/C28H35N3O2/c1-17(2)15-29-25-13-10-22(16-30-25)26-19(5)14-24(20(6)27(26)28(32)33-7)21-8-11-23(12-9-21)31-18(3)4/h8-14,16-18,31H,15H2,1-7H3,(H,29,30). The van der Waals surface area contributed by atoms with Gasteiger partial charge in [0.15, 0.2) is 0 Å². The van der Waals surface area contributed by atoms with Crippen molar-refractivity contribution >= 4 is 17.5 Å². The first kappa shape index (κ1) is 24.3. The summed E-state index contributed by atoms with van der Waals surface area (Å²) >= 11 is 0. The third kappa shape index (κ3) is 5.72. The molecule has 174 valence electrons. The summed E-state index contributed by atoms with van der Waals surface area (Å²) in [6.45, 7) is 13.4. The molecule has 3 rings (SSSR count). The molecule has 5 nitrogen and oxygen atoms in total. The van der Waals surface area contributed by atoms with Crippen molar-refractivity contribution < 1.29 is 9.53 Å². The number of hydrogen-bond acceptors (Lipinski definition) is 5. The van der Waals surface area contributed by atoms with E-state index in [1.807, 2.05) is 32.2 Å². The van der Waals surface area contributed by atoms with Crippen LogP contribution in [0, 0.1) is 19.8 Å². The number of ether oxygens (including phenoxy) is 1. The molecule has 0 aliphatic rings. The smallest absolute Gasteiger partial charge is 0.338 e. The van der Waals surface area contributed by atoms with Gasteiger partial charge in [-0.05, 0) is 80.1 Å². The van der Waals surface area contributed by atoms with Crippen LogP contribution < -0.4 is 10.6 Å². The topological polar surface area (TPSA) is 63.2 Å². The fourth-order valence-electron chi connectivity index (χ4n) is 3.98. The lowest BCUT2D eigenvalue weighted by Crippen LogP contribution is -2.10. The lowest BCUT2D eigenvalue weighted by molar-refractivity contribution is 0.0601. The Hall–Kier alpha value is -3.34. The van der Waals surface area contributed by atoms with Crippen molar-refractivity contribution in [2.24, 2.45) is 5.92 Å². The molecule has 0 spiro atoms. The zero-order valence-corrected chi connectivity index (χ0v) is 20.7. The van der Waals surface area contributed by atoms with E-state index in [0.29, 0.717) is 17.5 Å². The summed E-state index contributed by atoms with van der Waals surface area (Å²) in [5.41, 5.74) is 7.41. The van der Waals surface area contributed by atoms with Crippen LogP contribution in [-0.4, -0.2) is 30.6 Å². The van der Waals surface area contributed by atoms with E-state index in [4.69, 9.17) is 4.74 Å². The van der Waals surface area contributed by atoms with E-state index in [1.165, 1.54) is 7.11 Å². The van der Waals surface area contributed by atoms with Crippen LogP contribution in [-0.2, 0) is 4.74 Å². The van der Waals surface area contributed by atoms with Crippen LogP contribution >= 0.6 is 0 Å². The lowest BCUT2D eigenvalue weighted by Gasteiger charge is -2.19. The van der Waals surface area contributed by atoms with E-state index in [1.54, 1.807) is 0 Å². The van der Waals surface area contributed by atoms with Crippen molar-refractivity contribution in [3.8, 4) is 22.3 Å². The van der Waals surface area contributed by atoms with Crippen molar-refractivity contribution in [2.45, 2.75) is 47.6 Å². The minimum atomic E-state index is -0.340. The number of methoxy groups -OCH3 is 1. The third-order valence-electron chi connectivity index (χ3n) is 5.57. The summed E-state index contributed by atoms with van der Waals surface area (Å²) in [4.78, 5) is 17.5. The van der Waals surface area contributed by atoms with Gasteiger partial charge < -0.3 is 15.4 Å². The molecule has 2 aromatic carbocycles. The molecule has 0 aliphatic heterocycles. The number of hydrogen-bond donors (Lipinski definition) is 2. The Labute approximate surface area is 197 Å². The Bertz CT molecular complexity index is 1100. The van der Waals surface area contributed by atoms with Crippen LogP contribution in [0.5, 0.6) is 0 Å². The van der Waals surface area contributed by atoms with Gasteiger partial charge in [-0.3, -0.25) is 0 Å². The van der Waals surface area contributed by atoms with Crippen LogP contribution in [0.1, 0.15) is 49.2 Å². The van der Waals surface area contributed by atoms with E-state index in [-0.39, 0.29) is 5.97 Å². The second-order valence-electron chi connectivity index (χ2n) is 9.19. The van der Waals surface area contributed by atoms with Gasteiger partial charge in [-0.25, -0.2) is 9.78 Å². The molecule has 2 N–H and O–H groups in total. The van der Waals surface area contributed by atoms with Gasteiger partial charge in [0, 0.05) is 35.6 Å². The van der Waals surface area contributed by atoms with Crippen molar-refractivity contribution in [1.82, 2.24) is 4.98 Å². The Balaban J connectivity index is 2.06. The number of benzene rings is 2. The fraction of sp³-hybridized carbons (Fsp3) is 0.357. The minimum Gasteiger partial charge on any atom is -0.465 e. The Morgan fingerprint density at radius 1 is 1.00 bits per heavy atom. The van der Waals surface area contributed by atoms with Crippen LogP contribution in [0.3, 0.4) is 0 Å². The third-order valence-corrected chi connectivity index (χ3v) is 5.57. The SMILES string of the molecule is COC(=O)c1c(C)c(-c2ccc(NC(C)C)cc2)cc(C)c1-c1ccc(NCC(C)C)nc1. The maximum absolute atomic E-state index is 12.9. The highest BCUT2D eigenvalue weighted by molar-refractivity contribution is 6.02. The van der Waals surface area contributed by atoms with E-state index in [9.17, 15) is 4.79 Å². The molecule has 0 amide bonds. The molecule has 0 radical (unpaired) electrons. The van der Waals surface area contributed by atoms with E-state index in [2.05, 4.69) is 73.6 Å². The number of carbonyl (C=O) groups is 1. The van der Waals surface area contributed by atoms with E-state index >= 15 is 0 Å². The first-order chi connectivity index (χ1) is 15.7. The predicted molar refractivity (Wildman–Crippen MR) is 138 cm³/mol. The summed E-state index contributed by atoms with van der Waals surface area (Å²) in [7, 11) is 1.43. The second kappa shape index (κ2) is 10.5. The molecular formula is C28H35N3O2. The highest BCUT2D eigenvalue weighted by Gasteiger charge is 2.22. The molecule has 5 heteroatoms. The van der Waals surface area contributed by atoms with Crippen molar-refractivity contribution in [1.29, 1.82) is 0 Å². The average Bonchev–Trinajstić information content (AvgIpc) is 2.79. The molecule has 1 aromatic heterocycles. The molecule has 0 atom stereocenters. The largest absolute Gasteiger partial charge is 0.465 e. The van der Waals surface area contributed by atoms with Gasteiger partial charge in [-0.15, -0.1) is 0 Å². The number of nitrogens with one attached hydrogen (secondary N) is 2. The Kier molecular flexibility index (Phi) is 7.75. The van der Waals surface area contributed by atoms with Gasteiger partial charge >= 0.3 is 5.97 Å². The van der Waals surface area contributed by atoms with Gasteiger partial charge in [0.25, 0.3) is 0 Å². The molecule has 0 fully saturated rings. The molecule has 0 aliphatic carbocycles. The van der Waals surface area contributed by atoms with Crippen LogP contribution in [0.4, 0.5) is 11.5 Å². The number of nitrogens with zero attached hydrogens (tertiary/aromatic N) is 1. The lowest BCUT2D eigenvalue weighted by atomic mass is 9.87. The molecule has 3 aromatic rings. The number of anilines is 2. The maximum Gasteiger partial charge on any atom is 0.338 e. The number of pyridine rings is 1. The molecule has 33 heavy (non-hydrogen) atoms. The number of rotatable bonds is 8. The molecule has 0 bridgehead atoms. The molecule has 1 heterocycles. The summed E-state index contributed by atoms with van der Waals surface area (Å²) in [5.74, 6) is 1.02. The average molecular weight is 446 g/mol. The second-order valence-corrected chi connectivity index (χ2v) is 9.19. The van der Waals surface area contributed by atoms with Gasteiger partial charge in [0.05, 0.1) is 12.7 Å². The van der Waals surface area contributed by atoms with E-state index < -0.39 is 0 Å². The van der Waals surface area contributed by atoms with Crippen LogP contribution in [0.2, 0.25) is 0 Å². The van der Waals surface area contributed by atoms with Crippen LogP contribution in [0.15, 0.2) is 48.7 Å². The molecule has 0 saturated carbocycles. The van der Waals surface area contributed by atoms with Crippen molar-refractivity contribution in [3.63, 3.8) is 0 Å². The number of aryl methyl sites for hydroxylation is 1. The van der Waals surface area contributed by atoms with Gasteiger partial charge in [0.1, 0.15) is 5.82 Å². The number of carbonyl (C=O) groups excluding carboxylic acids is 1. The van der Waals surface area contributed by atoms with Gasteiger partial charge in [-0.1, -0.05) is 32.0 Å². The van der Waals surface area contributed by atoms with E-state index in [0.717, 1.165) is 51.4 Å². The summed E-state index contributed by atoms with van der Waals surface area (Å²) in [6.07, 6.45) is 1.82. The monoisotopic (exact) mass is 445 g/mol. The summed E-state index contributed by atoms with van der Waals surface area (Å²) < 4.78 is 5.19. The predicted octanol–water partition coefficient (Wildman–Crippen LogP) is 6.71. The quantitative estimate of drug-likeness (QED) is 0.377. The highest BCUT2D eigenvalue weighted by atomic mass is 16.5. The number of esters is 1. The van der Waals surface area contributed by atoms with Crippen molar-refractivity contribution in [3.05, 3.63) is 65.4 Å². The van der Waals surface area contributed by atoms with Crippen molar-refractivity contribution in [2.75, 3.05) is 24.3 Å². The fourth-order valence-corrected chi connectivity index (χ4v) is 3.98. The van der Waals surface area contributed by atoms with Gasteiger partial charge in [-0.2, -0.15) is 0 Å².